The summed E-state index contributed by atoms with van der Waals surface area (Å²) in [5.74, 6) is 2.04. The summed E-state index contributed by atoms with van der Waals surface area (Å²) in [6.07, 6.45) is 1.97. The third-order valence-electron chi connectivity index (χ3n) is 4.36. The Hall–Kier alpha value is -2.75. The Labute approximate surface area is 194 Å². The van der Waals surface area contributed by atoms with Crippen molar-refractivity contribution < 1.29 is 9.47 Å². The summed E-state index contributed by atoms with van der Waals surface area (Å²) in [6.45, 7) is 5.09. The number of aryl methyl sites for hydroxylation is 1. The number of halogens is 1. The summed E-state index contributed by atoms with van der Waals surface area (Å²) in [5, 5.41) is 11.2. The molecule has 2 N–H and O–H groups in total. The van der Waals surface area contributed by atoms with Crippen LogP contribution in [0, 0.1) is 6.92 Å². The van der Waals surface area contributed by atoms with Crippen molar-refractivity contribution in [1.29, 1.82) is 0 Å². The summed E-state index contributed by atoms with van der Waals surface area (Å²) in [5.41, 5.74) is 3.99. The molecule has 0 aliphatic rings. The summed E-state index contributed by atoms with van der Waals surface area (Å²) in [7, 11) is 3.37. The van der Waals surface area contributed by atoms with Gasteiger partial charge in [0.15, 0.2) is 17.5 Å². The number of benzene rings is 2. The molecule has 1 aromatic heterocycles. The number of nitrogens with one attached hydrogen (secondary N) is 2. The Morgan fingerprint density at radius 2 is 1.93 bits per heavy atom. The van der Waals surface area contributed by atoms with Gasteiger partial charge in [-0.05, 0) is 43.7 Å². The van der Waals surface area contributed by atoms with E-state index in [1.54, 1.807) is 14.2 Å². The monoisotopic (exact) mass is 521 g/mol. The normalized spacial score (nSPS) is 10.9. The van der Waals surface area contributed by atoms with Gasteiger partial charge < -0.3 is 20.1 Å². The van der Waals surface area contributed by atoms with E-state index in [0.717, 1.165) is 22.6 Å². The van der Waals surface area contributed by atoms with Crippen molar-refractivity contribution in [3.8, 4) is 17.2 Å². The first-order valence-electron chi connectivity index (χ1n) is 9.53. The van der Waals surface area contributed by atoms with Crippen LogP contribution in [0.1, 0.15) is 18.2 Å². The minimum atomic E-state index is 0. The average molecular weight is 521 g/mol. The maximum Gasteiger partial charge on any atom is 0.195 e. The van der Waals surface area contributed by atoms with Gasteiger partial charge >= 0.3 is 0 Å². The van der Waals surface area contributed by atoms with Crippen LogP contribution >= 0.6 is 24.0 Å². The van der Waals surface area contributed by atoms with Crippen LogP contribution in [0.4, 0.5) is 5.69 Å². The van der Waals surface area contributed by atoms with Crippen molar-refractivity contribution in [1.82, 2.24) is 15.1 Å². The van der Waals surface area contributed by atoms with Crippen LogP contribution in [-0.4, -0.2) is 36.5 Å². The first-order valence-corrected chi connectivity index (χ1v) is 9.53. The van der Waals surface area contributed by atoms with Gasteiger partial charge in [-0.2, -0.15) is 5.10 Å². The van der Waals surface area contributed by atoms with Gasteiger partial charge in [0.1, 0.15) is 0 Å². The molecule has 3 aromatic rings. The van der Waals surface area contributed by atoms with Gasteiger partial charge in [0.25, 0.3) is 0 Å². The first-order chi connectivity index (χ1) is 14.1. The second kappa shape index (κ2) is 11.4. The van der Waals surface area contributed by atoms with E-state index in [0.29, 0.717) is 30.6 Å². The van der Waals surface area contributed by atoms with Crippen molar-refractivity contribution in [2.45, 2.75) is 20.4 Å². The molecule has 3 rings (SSSR count). The van der Waals surface area contributed by atoms with Crippen LogP contribution < -0.4 is 20.1 Å². The topological polar surface area (TPSA) is 72.7 Å². The minimum absolute atomic E-state index is 0. The molecule has 0 aliphatic carbocycles. The van der Waals surface area contributed by atoms with E-state index in [1.807, 2.05) is 61.1 Å². The zero-order chi connectivity index (χ0) is 20.6. The van der Waals surface area contributed by atoms with E-state index >= 15 is 0 Å². The van der Waals surface area contributed by atoms with E-state index < -0.39 is 0 Å². The molecule has 30 heavy (non-hydrogen) atoms. The Morgan fingerprint density at radius 3 is 2.60 bits per heavy atom. The number of hydrogen-bond acceptors (Lipinski definition) is 4. The molecule has 0 spiro atoms. The molecular formula is C22H28IN5O2. The lowest BCUT2D eigenvalue weighted by atomic mass is 10.2. The zero-order valence-electron chi connectivity index (χ0n) is 17.7. The van der Waals surface area contributed by atoms with Crippen molar-refractivity contribution >= 4 is 35.6 Å². The van der Waals surface area contributed by atoms with E-state index in [2.05, 4.69) is 32.9 Å². The number of hydrogen-bond donors (Lipinski definition) is 2. The van der Waals surface area contributed by atoms with Gasteiger partial charge in [-0.1, -0.05) is 18.2 Å². The van der Waals surface area contributed by atoms with E-state index in [9.17, 15) is 0 Å². The molecule has 0 radical (unpaired) electrons. The van der Waals surface area contributed by atoms with Crippen LogP contribution in [-0.2, 0) is 6.54 Å². The maximum atomic E-state index is 5.64. The van der Waals surface area contributed by atoms with Gasteiger partial charge in [-0.25, -0.2) is 4.68 Å². The van der Waals surface area contributed by atoms with Gasteiger partial charge in [-0.15, -0.1) is 24.0 Å². The van der Waals surface area contributed by atoms with Gasteiger partial charge in [-0.3, -0.25) is 4.99 Å². The van der Waals surface area contributed by atoms with Gasteiger partial charge in [0.2, 0.25) is 0 Å². The number of rotatable bonds is 7. The Balaban J connectivity index is 0.00000320. The minimum Gasteiger partial charge on any atom is -0.493 e. The molecule has 8 heteroatoms. The number of anilines is 1. The molecule has 7 nitrogen and oxygen atoms in total. The zero-order valence-corrected chi connectivity index (χ0v) is 20.0. The molecule has 160 valence electrons. The third-order valence-corrected chi connectivity index (χ3v) is 4.36. The molecule has 2 aromatic carbocycles. The number of para-hydroxylation sites is 1. The molecule has 0 fully saturated rings. The molecule has 0 unspecified atom stereocenters. The van der Waals surface area contributed by atoms with E-state index in [-0.39, 0.29) is 24.0 Å². The number of nitrogens with zero attached hydrogens (tertiary/aromatic N) is 3. The Morgan fingerprint density at radius 1 is 1.13 bits per heavy atom. The lowest BCUT2D eigenvalue weighted by molar-refractivity contribution is 0.311. The van der Waals surface area contributed by atoms with Crippen LogP contribution in [0.25, 0.3) is 5.69 Å². The van der Waals surface area contributed by atoms with Crippen LogP contribution in [0.2, 0.25) is 0 Å². The van der Waals surface area contributed by atoms with Gasteiger partial charge in [0, 0.05) is 31.5 Å². The first kappa shape index (κ1) is 23.5. The highest BCUT2D eigenvalue weighted by molar-refractivity contribution is 14.0. The molecule has 0 bridgehead atoms. The fraction of sp³-hybridized carbons (Fsp3) is 0.273. The Kier molecular flexibility index (Phi) is 8.97. The standard InChI is InChI=1S/C22H27N5O2.HI/c1-5-29-21-14-18(10-11-20(21)28-4)25-22(23-3)24-15-17-8-6-7-9-19(17)27-13-12-16(2)26-27;/h6-14H,5,15H2,1-4H3,(H2,23,24,25);1H. The maximum absolute atomic E-state index is 5.64. The van der Waals surface area contributed by atoms with Crippen molar-refractivity contribution in [3.63, 3.8) is 0 Å². The summed E-state index contributed by atoms with van der Waals surface area (Å²) < 4.78 is 12.9. The van der Waals surface area contributed by atoms with Crippen molar-refractivity contribution in [2.75, 3.05) is 26.1 Å². The number of methoxy groups -OCH3 is 1. The molecule has 1 heterocycles. The predicted octanol–water partition coefficient (Wildman–Crippen LogP) is 4.39. The predicted molar refractivity (Wildman–Crippen MR) is 132 cm³/mol. The van der Waals surface area contributed by atoms with Crippen LogP contribution in [0.15, 0.2) is 59.7 Å². The SMILES string of the molecule is CCOc1cc(NC(=NC)NCc2ccccc2-n2ccc(C)n2)ccc1OC.I. The second-order valence-corrected chi connectivity index (χ2v) is 6.38. The molecule has 0 amide bonds. The second-order valence-electron chi connectivity index (χ2n) is 6.38. The fourth-order valence-corrected chi connectivity index (χ4v) is 2.95. The molecule has 0 aliphatic heterocycles. The summed E-state index contributed by atoms with van der Waals surface area (Å²) in [6, 6.07) is 15.8. The molecular weight excluding hydrogens is 493 g/mol. The lowest BCUT2D eigenvalue weighted by Gasteiger charge is -2.16. The third kappa shape index (κ3) is 5.88. The largest absolute Gasteiger partial charge is 0.493 e. The Bertz CT molecular complexity index is 987. The van der Waals surface area contributed by atoms with Crippen molar-refractivity contribution in [2.24, 2.45) is 4.99 Å². The summed E-state index contributed by atoms with van der Waals surface area (Å²) in [4.78, 5) is 4.32. The van der Waals surface area contributed by atoms with Crippen molar-refractivity contribution in [3.05, 3.63) is 66.0 Å². The number of ether oxygens (including phenoxy) is 2. The summed E-state index contributed by atoms with van der Waals surface area (Å²) >= 11 is 0. The number of aromatic nitrogens is 2. The highest BCUT2D eigenvalue weighted by Crippen LogP contribution is 2.30. The molecule has 0 saturated carbocycles. The smallest absolute Gasteiger partial charge is 0.195 e. The lowest BCUT2D eigenvalue weighted by Crippen LogP contribution is -2.30. The highest BCUT2D eigenvalue weighted by Gasteiger charge is 2.09. The molecule has 0 saturated heterocycles. The number of guanidine groups is 1. The number of aliphatic imine (C=N–C) groups is 1. The van der Waals surface area contributed by atoms with E-state index in [4.69, 9.17) is 9.47 Å². The quantitative estimate of drug-likeness (QED) is 0.274. The fourth-order valence-electron chi connectivity index (χ4n) is 2.95. The van der Waals surface area contributed by atoms with Crippen LogP contribution in [0.5, 0.6) is 11.5 Å². The van der Waals surface area contributed by atoms with E-state index in [1.165, 1.54) is 0 Å². The van der Waals surface area contributed by atoms with Crippen LogP contribution in [0.3, 0.4) is 0 Å². The average Bonchev–Trinajstić information content (AvgIpc) is 3.18. The highest BCUT2D eigenvalue weighted by atomic mass is 127. The van der Waals surface area contributed by atoms with Gasteiger partial charge in [0.05, 0.1) is 25.1 Å². The molecule has 0 atom stereocenters.